The maximum atomic E-state index is 13.1. The van der Waals surface area contributed by atoms with E-state index in [1.54, 1.807) is 12.4 Å². The van der Waals surface area contributed by atoms with Gasteiger partial charge in [-0.25, -0.2) is 14.4 Å². The van der Waals surface area contributed by atoms with Gasteiger partial charge in [0.1, 0.15) is 5.82 Å². The van der Waals surface area contributed by atoms with Crippen molar-refractivity contribution in [1.29, 1.82) is 0 Å². The third kappa shape index (κ3) is 2.46. The molecule has 0 bridgehead atoms. The van der Waals surface area contributed by atoms with Crippen LogP contribution < -0.4 is 0 Å². The zero-order chi connectivity index (χ0) is 11.5. The molecule has 2 aromatic rings. The van der Waals surface area contributed by atoms with E-state index in [1.807, 2.05) is 12.1 Å². The summed E-state index contributed by atoms with van der Waals surface area (Å²) in [6, 6.07) is 3.63. The first-order chi connectivity index (χ1) is 7.66. The van der Waals surface area contributed by atoms with Gasteiger partial charge in [0.15, 0.2) is 16.1 Å². The largest absolute Gasteiger partial charge is 0.265 e. The van der Waals surface area contributed by atoms with Gasteiger partial charge in [0.2, 0.25) is 0 Å². The molecular weight excluding hydrogens is 252 g/mol. The van der Waals surface area contributed by atoms with Crippen molar-refractivity contribution in [2.24, 2.45) is 0 Å². The Bertz CT molecular complexity index is 482. The minimum Gasteiger partial charge on any atom is -0.265 e. The quantitative estimate of drug-likeness (QED) is 0.777. The second kappa shape index (κ2) is 4.72. The van der Waals surface area contributed by atoms with Gasteiger partial charge in [-0.15, -0.1) is 0 Å². The van der Waals surface area contributed by atoms with Crippen LogP contribution in [0, 0.1) is 5.82 Å². The molecule has 2 heterocycles. The molecular formula is C10H6Cl2FN3. The van der Waals surface area contributed by atoms with Crippen molar-refractivity contribution >= 4 is 23.2 Å². The van der Waals surface area contributed by atoms with E-state index in [9.17, 15) is 4.39 Å². The summed E-state index contributed by atoms with van der Waals surface area (Å²) in [4.78, 5) is 11.5. The summed E-state index contributed by atoms with van der Waals surface area (Å²) < 4.78 is 13.1. The van der Waals surface area contributed by atoms with Gasteiger partial charge in [-0.05, 0) is 17.7 Å². The highest BCUT2D eigenvalue weighted by molar-refractivity contribution is 6.33. The first kappa shape index (κ1) is 11.2. The van der Waals surface area contributed by atoms with Crippen molar-refractivity contribution in [2.45, 2.75) is 6.42 Å². The molecule has 0 aliphatic rings. The maximum Gasteiger partial charge on any atom is 0.197 e. The van der Waals surface area contributed by atoms with Crippen LogP contribution in [0.3, 0.4) is 0 Å². The lowest BCUT2D eigenvalue weighted by Crippen LogP contribution is -2.00. The summed E-state index contributed by atoms with van der Waals surface area (Å²) in [5.41, 5.74) is 0.953. The van der Waals surface area contributed by atoms with E-state index in [0.717, 1.165) is 5.56 Å². The summed E-state index contributed by atoms with van der Waals surface area (Å²) in [5, 5.41) is -0.520. The molecule has 3 nitrogen and oxygen atoms in total. The van der Waals surface area contributed by atoms with E-state index in [-0.39, 0.29) is 10.3 Å². The van der Waals surface area contributed by atoms with Gasteiger partial charge < -0.3 is 0 Å². The molecule has 0 N–H and O–H groups in total. The zero-order valence-corrected chi connectivity index (χ0v) is 9.50. The molecule has 0 atom stereocenters. The highest BCUT2D eigenvalue weighted by Crippen LogP contribution is 2.19. The fourth-order valence-corrected chi connectivity index (χ4v) is 1.62. The number of rotatable bonds is 2. The lowest BCUT2D eigenvalue weighted by Gasteiger charge is -2.02. The molecule has 16 heavy (non-hydrogen) atoms. The van der Waals surface area contributed by atoms with Gasteiger partial charge in [-0.2, -0.15) is 0 Å². The van der Waals surface area contributed by atoms with Crippen LogP contribution in [0.25, 0.3) is 0 Å². The Balaban J connectivity index is 2.29. The Hall–Kier alpha value is -1.26. The van der Waals surface area contributed by atoms with Crippen molar-refractivity contribution < 1.29 is 4.39 Å². The average Bonchev–Trinajstić information content (AvgIpc) is 2.27. The first-order valence-corrected chi connectivity index (χ1v) is 5.18. The van der Waals surface area contributed by atoms with Gasteiger partial charge in [0.25, 0.3) is 0 Å². The van der Waals surface area contributed by atoms with Crippen molar-refractivity contribution in [1.82, 2.24) is 15.0 Å². The number of nitrogens with zero attached hydrogens (tertiary/aromatic N) is 3. The molecule has 0 amide bonds. The maximum absolute atomic E-state index is 13.1. The Morgan fingerprint density at radius 2 is 1.62 bits per heavy atom. The fourth-order valence-electron chi connectivity index (χ4n) is 1.20. The summed E-state index contributed by atoms with van der Waals surface area (Å²) >= 11 is 11.1. The third-order valence-electron chi connectivity index (χ3n) is 1.93. The molecule has 0 saturated heterocycles. The van der Waals surface area contributed by atoms with E-state index >= 15 is 0 Å². The van der Waals surface area contributed by atoms with Crippen molar-refractivity contribution in [3.05, 3.63) is 52.0 Å². The standard InChI is InChI=1S/C10H6Cl2FN3/c11-9-8(13)10(12)16-7(15-9)5-6-1-3-14-4-2-6/h1-4H,5H2. The topological polar surface area (TPSA) is 38.7 Å². The van der Waals surface area contributed by atoms with Crippen molar-refractivity contribution in [3.8, 4) is 0 Å². The lowest BCUT2D eigenvalue weighted by molar-refractivity contribution is 0.611. The van der Waals surface area contributed by atoms with Crippen LogP contribution in [0.4, 0.5) is 4.39 Å². The number of hydrogen-bond donors (Lipinski definition) is 0. The van der Waals surface area contributed by atoms with E-state index in [0.29, 0.717) is 12.2 Å². The minimum atomic E-state index is -0.790. The number of halogens is 3. The monoisotopic (exact) mass is 257 g/mol. The minimum absolute atomic E-state index is 0.260. The van der Waals surface area contributed by atoms with Crippen LogP contribution in [0.1, 0.15) is 11.4 Å². The zero-order valence-electron chi connectivity index (χ0n) is 7.99. The molecule has 0 aromatic carbocycles. The first-order valence-electron chi connectivity index (χ1n) is 4.43. The van der Waals surface area contributed by atoms with Crippen LogP contribution in [-0.2, 0) is 6.42 Å². The Labute approximate surface area is 101 Å². The summed E-state index contributed by atoms with van der Waals surface area (Å²) in [6.45, 7) is 0. The molecule has 0 aliphatic carbocycles. The van der Waals surface area contributed by atoms with E-state index in [4.69, 9.17) is 23.2 Å². The highest BCUT2D eigenvalue weighted by Gasteiger charge is 2.11. The predicted molar refractivity (Wildman–Crippen MR) is 59.1 cm³/mol. The fraction of sp³-hybridized carbons (Fsp3) is 0.100. The van der Waals surface area contributed by atoms with Gasteiger partial charge in [0, 0.05) is 18.8 Å². The number of aromatic nitrogens is 3. The lowest BCUT2D eigenvalue weighted by atomic mass is 10.2. The predicted octanol–water partition coefficient (Wildman–Crippen LogP) is 2.91. The molecule has 2 rings (SSSR count). The molecule has 0 spiro atoms. The molecule has 0 aliphatic heterocycles. The SMILES string of the molecule is Fc1c(Cl)nc(Cc2ccncc2)nc1Cl. The average molecular weight is 258 g/mol. The number of hydrogen-bond acceptors (Lipinski definition) is 3. The number of pyridine rings is 1. The van der Waals surface area contributed by atoms with Gasteiger partial charge in [0.05, 0.1) is 0 Å². The Kier molecular flexibility index (Phi) is 3.31. The third-order valence-corrected chi connectivity index (χ3v) is 2.43. The van der Waals surface area contributed by atoms with Crippen LogP contribution in [-0.4, -0.2) is 15.0 Å². The second-order valence-corrected chi connectivity index (χ2v) is 3.78. The molecule has 82 valence electrons. The highest BCUT2D eigenvalue weighted by atomic mass is 35.5. The van der Waals surface area contributed by atoms with Crippen molar-refractivity contribution in [2.75, 3.05) is 0 Å². The second-order valence-electron chi connectivity index (χ2n) is 3.07. The molecule has 6 heteroatoms. The molecule has 2 aromatic heterocycles. The van der Waals surface area contributed by atoms with Gasteiger partial charge in [-0.3, -0.25) is 4.98 Å². The molecule has 0 fully saturated rings. The van der Waals surface area contributed by atoms with Crippen molar-refractivity contribution in [3.63, 3.8) is 0 Å². The molecule has 0 saturated carbocycles. The van der Waals surface area contributed by atoms with Crippen LogP contribution in [0.2, 0.25) is 10.3 Å². The summed E-state index contributed by atoms with van der Waals surface area (Å²) in [7, 11) is 0. The molecule has 0 unspecified atom stereocenters. The van der Waals surface area contributed by atoms with E-state index in [1.165, 1.54) is 0 Å². The summed E-state index contributed by atoms with van der Waals surface area (Å²) in [5.74, 6) is -0.413. The Morgan fingerprint density at radius 3 is 2.19 bits per heavy atom. The van der Waals surface area contributed by atoms with Gasteiger partial charge >= 0.3 is 0 Å². The van der Waals surface area contributed by atoms with Gasteiger partial charge in [-0.1, -0.05) is 23.2 Å². The Morgan fingerprint density at radius 1 is 1.06 bits per heavy atom. The smallest absolute Gasteiger partial charge is 0.197 e. The van der Waals surface area contributed by atoms with E-state index in [2.05, 4.69) is 15.0 Å². The van der Waals surface area contributed by atoms with Crippen LogP contribution >= 0.6 is 23.2 Å². The van der Waals surface area contributed by atoms with Crippen LogP contribution in [0.5, 0.6) is 0 Å². The molecule has 0 radical (unpaired) electrons. The summed E-state index contributed by atoms with van der Waals surface area (Å²) in [6.07, 6.45) is 3.74. The van der Waals surface area contributed by atoms with E-state index < -0.39 is 5.82 Å². The van der Waals surface area contributed by atoms with Crippen LogP contribution in [0.15, 0.2) is 24.5 Å². The normalized spacial score (nSPS) is 10.4.